The van der Waals surface area contributed by atoms with Crippen LogP contribution in [0.1, 0.15) is 15.2 Å². The molecule has 0 aliphatic heterocycles. The molecule has 0 saturated heterocycles. The number of hydrogen-bond acceptors (Lipinski definition) is 4. The molecule has 16 heavy (non-hydrogen) atoms. The smallest absolute Gasteiger partial charge is 0.313 e. The minimum absolute atomic E-state index is 0.451. The second kappa shape index (κ2) is 5.23. The van der Waals surface area contributed by atoms with Gasteiger partial charge in [-0.25, -0.2) is 4.79 Å². The average molecular weight is 231 g/mol. The number of rotatable bonds is 3. The average Bonchev–Trinajstić information content (AvgIpc) is 2.83. The van der Waals surface area contributed by atoms with Crippen LogP contribution in [0, 0.1) is 0 Å². The van der Waals surface area contributed by atoms with Crippen LogP contribution in [-0.2, 0) is 4.84 Å². The van der Waals surface area contributed by atoms with E-state index in [2.05, 4.69) is 5.16 Å². The van der Waals surface area contributed by atoms with Gasteiger partial charge < -0.3 is 4.84 Å². The van der Waals surface area contributed by atoms with E-state index in [-0.39, 0.29) is 0 Å². The molecule has 0 N–H and O–H groups in total. The van der Waals surface area contributed by atoms with E-state index in [9.17, 15) is 4.79 Å². The first-order valence-electron chi connectivity index (χ1n) is 4.69. The first kappa shape index (κ1) is 10.6. The standard InChI is InChI=1S/C12H9NO2S/c14-12(10-5-2-1-3-6-10)15-13-9-11-7-4-8-16-11/h1-9H/b13-9+. The van der Waals surface area contributed by atoms with Gasteiger partial charge in [0, 0.05) is 4.88 Å². The van der Waals surface area contributed by atoms with E-state index in [1.807, 2.05) is 23.6 Å². The van der Waals surface area contributed by atoms with Gasteiger partial charge in [-0.15, -0.1) is 11.3 Å². The summed E-state index contributed by atoms with van der Waals surface area (Å²) in [5.41, 5.74) is 0.492. The molecule has 4 heteroatoms. The zero-order chi connectivity index (χ0) is 11.2. The number of carbonyl (C=O) groups excluding carboxylic acids is 1. The summed E-state index contributed by atoms with van der Waals surface area (Å²) >= 11 is 1.53. The molecule has 1 heterocycles. The number of hydrogen-bond donors (Lipinski definition) is 0. The molecule has 0 fully saturated rings. The van der Waals surface area contributed by atoms with E-state index in [4.69, 9.17) is 4.84 Å². The van der Waals surface area contributed by atoms with E-state index < -0.39 is 5.97 Å². The molecule has 0 bridgehead atoms. The molecule has 3 nitrogen and oxygen atoms in total. The van der Waals surface area contributed by atoms with Crippen LogP contribution in [0.5, 0.6) is 0 Å². The van der Waals surface area contributed by atoms with Crippen LogP contribution in [0.2, 0.25) is 0 Å². The van der Waals surface area contributed by atoms with Gasteiger partial charge in [-0.3, -0.25) is 0 Å². The molecule has 0 aliphatic rings. The molecule has 80 valence electrons. The van der Waals surface area contributed by atoms with Crippen LogP contribution in [0.25, 0.3) is 0 Å². The van der Waals surface area contributed by atoms with Gasteiger partial charge in [-0.05, 0) is 23.6 Å². The van der Waals surface area contributed by atoms with Crippen molar-refractivity contribution < 1.29 is 9.63 Å². The highest BCUT2D eigenvalue weighted by atomic mass is 32.1. The second-order valence-electron chi connectivity index (χ2n) is 2.99. The van der Waals surface area contributed by atoms with E-state index >= 15 is 0 Å². The third-order valence-electron chi connectivity index (χ3n) is 1.87. The summed E-state index contributed by atoms with van der Waals surface area (Å²) in [5.74, 6) is -0.451. The Morgan fingerprint density at radius 3 is 2.69 bits per heavy atom. The molecule has 0 spiro atoms. The minimum Gasteiger partial charge on any atom is -0.313 e. The lowest BCUT2D eigenvalue weighted by Gasteiger charge is -1.95. The quantitative estimate of drug-likeness (QED) is 0.463. The van der Waals surface area contributed by atoms with Crippen molar-refractivity contribution >= 4 is 23.5 Å². The van der Waals surface area contributed by atoms with E-state index in [1.54, 1.807) is 24.3 Å². The molecular weight excluding hydrogens is 222 g/mol. The lowest BCUT2D eigenvalue weighted by Crippen LogP contribution is -2.00. The van der Waals surface area contributed by atoms with Crippen molar-refractivity contribution in [2.24, 2.45) is 5.16 Å². The van der Waals surface area contributed by atoms with Crippen molar-refractivity contribution in [2.45, 2.75) is 0 Å². The number of oxime groups is 1. The number of carbonyl (C=O) groups is 1. The summed E-state index contributed by atoms with van der Waals surface area (Å²) in [7, 11) is 0. The van der Waals surface area contributed by atoms with Crippen molar-refractivity contribution in [1.29, 1.82) is 0 Å². The normalized spacial score (nSPS) is 10.5. The lowest BCUT2D eigenvalue weighted by atomic mass is 10.2. The van der Waals surface area contributed by atoms with E-state index in [0.29, 0.717) is 5.56 Å². The van der Waals surface area contributed by atoms with E-state index in [1.165, 1.54) is 17.6 Å². The van der Waals surface area contributed by atoms with Crippen molar-refractivity contribution in [3.05, 3.63) is 58.3 Å². The monoisotopic (exact) mass is 231 g/mol. The third kappa shape index (κ3) is 2.77. The second-order valence-corrected chi connectivity index (χ2v) is 3.97. The van der Waals surface area contributed by atoms with Crippen LogP contribution >= 0.6 is 11.3 Å². The molecule has 0 unspecified atom stereocenters. The van der Waals surface area contributed by atoms with Crippen molar-refractivity contribution in [3.63, 3.8) is 0 Å². The van der Waals surface area contributed by atoms with Gasteiger partial charge in [-0.2, -0.15) is 0 Å². The fourth-order valence-corrected chi connectivity index (χ4v) is 1.69. The summed E-state index contributed by atoms with van der Waals surface area (Å²) in [6.07, 6.45) is 1.52. The fraction of sp³-hybridized carbons (Fsp3) is 0. The Balaban J connectivity index is 1.94. The molecule has 0 amide bonds. The number of thiophene rings is 1. The Morgan fingerprint density at radius 2 is 2.00 bits per heavy atom. The minimum atomic E-state index is -0.451. The maximum atomic E-state index is 11.4. The zero-order valence-electron chi connectivity index (χ0n) is 8.37. The van der Waals surface area contributed by atoms with Crippen molar-refractivity contribution in [3.8, 4) is 0 Å². The highest BCUT2D eigenvalue weighted by Crippen LogP contribution is 2.05. The summed E-state index contributed by atoms with van der Waals surface area (Å²) in [6, 6.07) is 12.6. The molecular formula is C12H9NO2S. The Bertz CT molecular complexity index is 477. The molecule has 2 aromatic rings. The van der Waals surface area contributed by atoms with Gasteiger partial charge >= 0.3 is 5.97 Å². The third-order valence-corrected chi connectivity index (χ3v) is 2.68. The maximum Gasteiger partial charge on any atom is 0.365 e. The molecule has 0 saturated carbocycles. The first-order chi connectivity index (χ1) is 7.86. The van der Waals surface area contributed by atoms with Gasteiger partial charge in [0.15, 0.2) is 0 Å². The predicted octanol–water partition coefficient (Wildman–Crippen LogP) is 2.94. The maximum absolute atomic E-state index is 11.4. The van der Waals surface area contributed by atoms with Gasteiger partial charge in [0.25, 0.3) is 0 Å². The fourth-order valence-electron chi connectivity index (χ4n) is 1.12. The van der Waals surface area contributed by atoms with Crippen LogP contribution < -0.4 is 0 Å². The molecule has 0 atom stereocenters. The van der Waals surface area contributed by atoms with Gasteiger partial charge in [-0.1, -0.05) is 29.4 Å². The number of nitrogens with zero attached hydrogens (tertiary/aromatic N) is 1. The van der Waals surface area contributed by atoms with Crippen molar-refractivity contribution in [1.82, 2.24) is 0 Å². The SMILES string of the molecule is O=C(O/N=C/c1cccs1)c1ccccc1. The molecule has 0 radical (unpaired) electrons. The summed E-state index contributed by atoms with van der Waals surface area (Å²) in [4.78, 5) is 17.1. The van der Waals surface area contributed by atoms with Crippen LogP contribution in [0.4, 0.5) is 0 Å². The first-order valence-corrected chi connectivity index (χ1v) is 5.57. The molecule has 2 rings (SSSR count). The number of benzene rings is 1. The highest BCUT2D eigenvalue weighted by molar-refractivity contribution is 7.11. The Morgan fingerprint density at radius 1 is 1.19 bits per heavy atom. The van der Waals surface area contributed by atoms with E-state index in [0.717, 1.165) is 4.88 Å². The van der Waals surface area contributed by atoms with Gasteiger partial charge in [0.1, 0.15) is 0 Å². The summed E-state index contributed by atoms with van der Waals surface area (Å²) in [5, 5.41) is 5.56. The molecule has 1 aromatic carbocycles. The van der Waals surface area contributed by atoms with Gasteiger partial charge in [0.2, 0.25) is 0 Å². The lowest BCUT2D eigenvalue weighted by molar-refractivity contribution is 0.0519. The summed E-state index contributed by atoms with van der Waals surface area (Å²) in [6.45, 7) is 0. The Kier molecular flexibility index (Phi) is 3.46. The van der Waals surface area contributed by atoms with Crippen LogP contribution in [-0.4, -0.2) is 12.2 Å². The Hall–Kier alpha value is -1.94. The predicted molar refractivity (Wildman–Crippen MR) is 63.8 cm³/mol. The topological polar surface area (TPSA) is 38.7 Å². The zero-order valence-corrected chi connectivity index (χ0v) is 9.18. The van der Waals surface area contributed by atoms with Gasteiger partial charge in [0.05, 0.1) is 11.8 Å². The molecule has 0 aliphatic carbocycles. The largest absolute Gasteiger partial charge is 0.365 e. The highest BCUT2D eigenvalue weighted by Gasteiger charge is 2.04. The molecule has 1 aromatic heterocycles. The summed E-state index contributed by atoms with van der Waals surface area (Å²) < 4.78 is 0. The van der Waals surface area contributed by atoms with Crippen LogP contribution in [0.15, 0.2) is 53.0 Å². The Labute approximate surface area is 97.0 Å². The van der Waals surface area contributed by atoms with Crippen molar-refractivity contribution in [2.75, 3.05) is 0 Å². The van der Waals surface area contributed by atoms with Crippen LogP contribution in [0.3, 0.4) is 0 Å².